The quantitative estimate of drug-likeness (QED) is 0.386. The third kappa shape index (κ3) is 6.60. The fourth-order valence-electron chi connectivity index (χ4n) is 3.68. The Morgan fingerprint density at radius 1 is 0.886 bits per heavy atom. The molecule has 0 saturated carbocycles. The summed E-state index contributed by atoms with van der Waals surface area (Å²) >= 11 is 0. The smallest absolute Gasteiger partial charge is 0.258 e. The van der Waals surface area contributed by atoms with Crippen LogP contribution in [0.2, 0.25) is 0 Å². The number of anilines is 1. The average molecular weight is 468 g/mol. The molecular weight excluding hydrogens is 441 g/mol. The Balaban J connectivity index is 1.49. The van der Waals surface area contributed by atoms with E-state index in [1.165, 1.54) is 18.2 Å². The van der Waals surface area contributed by atoms with Crippen LogP contribution in [0.25, 0.3) is 0 Å². The van der Waals surface area contributed by atoms with E-state index in [0.29, 0.717) is 18.8 Å². The van der Waals surface area contributed by atoms with E-state index in [2.05, 4.69) is 10.3 Å². The molecule has 0 aliphatic heterocycles. The molecule has 6 heteroatoms. The highest BCUT2D eigenvalue weighted by Gasteiger charge is 2.19. The lowest BCUT2D eigenvalue weighted by atomic mass is 10.1. The van der Waals surface area contributed by atoms with Crippen molar-refractivity contribution in [2.75, 3.05) is 4.90 Å². The van der Waals surface area contributed by atoms with Gasteiger partial charge in [-0.25, -0.2) is 4.39 Å². The van der Waals surface area contributed by atoms with Gasteiger partial charge in [0.2, 0.25) is 5.91 Å². The lowest BCUT2D eigenvalue weighted by Gasteiger charge is -2.24. The summed E-state index contributed by atoms with van der Waals surface area (Å²) in [6.07, 6.45) is 3.62. The van der Waals surface area contributed by atoms with E-state index < -0.39 is 5.82 Å². The Morgan fingerprint density at radius 3 is 2.31 bits per heavy atom. The first kappa shape index (κ1) is 23.8. The Labute approximate surface area is 204 Å². The first-order valence-corrected chi connectivity index (χ1v) is 11.4. The van der Waals surface area contributed by atoms with Crippen molar-refractivity contribution in [1.82, 2.24) is 10.3 Å². The summed E-state index contributed by atoms with van der Waals surface area (Å²) in [6.45, 7) is 2.75. The summed E-state index contributed by atoms with van der Waals surface area (Å²) in [5, 5.41) is 2.89. The molecule has 176 valence electrons. The largest absolute Gasteiger partial charge is 0.352 e. The third-order valence-electron chi connectivity index (χ3n) is 5.60. The molecule has 1 heterocycles. The zero-order valence-corrected chi connectivity index (χ0v) is 19.4. The van der Waals surface area contributed by atoms with Crippen molar-refractivity contribution in [2.45, 2.75) is 26.4 Å². The zero-order chi connectivity index (χ0) is 24.6. The van der Waals surface area contributed by atoms with E-state index >= 15 is 0 Å². The monoisotopic (exact) mass is 467 g/mol. The SMILES string of the molecule is Cc1ccc(CN(C(=O)c2cccc(F)c2)c2ccc(CC(=O)NCc3cccnc3)cc2)cc1. The van der Waals surface area contributed by atoms with Gasteiger partial charge in [0.1, 0.15) is 5.82 Å². The van der Waals surface area contributed by atoms with Gasteiger partial charge in [0.25, 0.3) is 5.91 Å². The molecular formula is C29H26FN3O2. The predicted octanol–water partition coefficient (Wildman–Crippen LogP) is 5.24. The van der Waals surface area contributed by atoms with Crippen LogP contribution in [0, 0.1) is 12.7 Å². The van der Waals surface area contributed by atoms with Crippen LogP contribution in [0.3, 0.4) is 0 Å². The van der Waals surface area contributed by atoms with E-state index in [0.717, 1.165) is 22.3 Å². The molecule has 0 unspecified atom stereocenters. The number of aromatic nitrogens is 1. The van der Waals surface area contributed by atoms with E-state index in [1.807, 2.05) is 67.6 Å². The molecule has 2 amide bonds. The molecule has 0 fully saturated rings. The summed E-state index contributed by atoms with van der Waals surface area (Å²) < 4.78 is 13.8. The molecule has 0 aliphatic carbocycles. The van der Waals surface area contributed by atoms with Crippen molar-refractivity contribution in [2.24, 2.45) is 0 Å². The molecule has 0 bridgehead atoms. The van der Waals surface area contributed by atoms with Crippen molar-refractivity contribution in [3.05, 3.63) is 131 Å². The third-order valence-corrected chi connectivity index (χ3v) is 5.60. The Morgan fingerprint density at radius 2 is 1.63 bits per heavy atom. The van der Waals surface area contributed by atoms with E-state index in [9.17, 15) is 14.0 Å². The number of carbonyl (C=O) groups excluding carboxylic acids is 2. The van der Waals surface area contributed by atoms with Gasteiger partial charge in [-0.05, 0) is 60.0 Å². The van der Waals surface area contributed by atoms with Gasteiger partial charge in [-0.2, -0.15) is 0 Å². The minimum absolute atomic E-state index is 0.103. The first-order chi connectivity index (χ1) is 17.0. The van der Waals surface area contributed by atoms with Crippen molar-refractivity contribution in [3.8, 4) is 0 Å². The molecule has 3 aromatic carbocycles. The molecule has 5 nitrogen and oxygen atoms in total. The normalized spacial score (nSPS) is 10.6. The Hall–Kier alpha value is -4.32. The van der Waals surface area contributed by atoms with Crippen LogP contribution in [0.5, 0.6) is 0 Å². The predicted molar refractivity (Wildman–Crippen MR) is 134 cm³/mol. The van der Waals surface area contributed by atoms with Crippen LogP contribution in [-0.2, 0) is 24.3 Å². The van der Waals surface area contributed by atoms with E-state index in [1.54, 1.807) is 23.4 Å². The summed E-state index contributed by atoms with van der Waals surface area (Å²) in [7, 11) is 0. The highest BCUT2D eigenvalue weighted by Crippen LogP contribution is 2.22. The van der Waals surface area contributed by atoms with Crippen molar-refractivity contribution >= 4 is 17.5 Å². The van der Waals surface area contributed by atoms with Crippen LogP contribution in [0.1, 0.15) is 32.6 Å². The maximum Gasteiger partial charge on any atom is 0.258 e. The van der Waals surface area contributed by atoms with Crippen LogP contribution in [-0.4, -0.2) is 16.8 Å². The Kier molecular flexibility index (Phi) is 7.63. The van der Waals surface area contributed by atoms with Gasteiger partial charge in [-0.15, -0.1) is 0 Å². The molecule has 0 spiro atoms. The highest BCUT2D eigenvalue weighted by molar-refractivity contribution is 6.06. The number of halogens is 1. The molecule has 0 saturated heterocycles. The lowest BCUT2D eigenvalue weighted by molar-refractivity contribution is -0.120. The number of benzene rings is 3. The van der Waals surface area contributed by atoms with Gasteiger partial charge in [0.15, 0.2) is 0 Å². The number of nitrogens with zero attached hydrogens (tertiary/aromatic N) is 2. The summed E-state index contributed by atoms with van der Waals surface area (Å²) in [6, 6.07) is 24.7. The molecule has 4 rings (SSSR count). The van der Waals surface area contributed by atoms with Gasteiger partial charge in [-0.1, -0.05) is 54.1 Å². The highest BCUT2D eigenvalue weighted by atomic mass is 19.1. The molecule has 0 atom stereocenters. The number of hydrogen-bond acceptors (Lipinski definition) is 3. The fourth-order valence-corrected chi connectivity index (χ4v) is 3.68. The van der Waals surface area contributed by atoms with Crippen molar-refractivity contribution in [3.63, 3.8) is 0 Å². The van der Waals surface area contributed by atoms with Gasteiger partial charge < -0.3 is 10.2 Å². The first-order valence-electron chi connectivity index (χ1n) is 11.4. The second kappa shape index (κ2) is 11.2. The number of rotatable bonds is 8. The van der Waals surface area contributed by atoms with Crippen molar-refractivity contribution in [1.29, 1.82) is 0 Å². The van der Waals surface area contributed by atoms with E-state index in [4.69, 9.17) is 0 Å². The number of pyridine rings is 1. The molecule has 0 aliphatic rings. The number of nitrogens with one attached hydrogen (secondary N) is 1. The number of aryl methyl sites for hydroxylation is 1. The van der Waals surface area contributed by atoms with E-state index in [-0.39, 0.29) is 23.8 Å². The van der Waals surface area contributed by atoms with Crippen LogP contribution in [0.15, 0.2) is 97.3 Å². The lowest BCUT2D eigenvalue weighted by Crippen LogP contribution is -2.30. The maximum absolute atomic E-state index is 13.8. The number of amides is 2. The van der Waals surface area contributed by atoms with Crippen LogP contribution >= 0.6 is 0 Å². The number of hydrogen-bond donors (Lipinski definition) is 1. The molecule has 0 radical (unpaired) electrons. The van der Waals surface area contributed by atoms with Crippen LogP contribution < -0.4 is 10.2 Å². The minimum atomic E-state index is -0.459. The summed E-state index contributed by atoms with van der Waals surface area (Å²) in [5.41, 5.74) is 4.78. The second-order valence-corrected chi connectivity index (χ2v) is 8.37. The summed E-state index contributed by atoms with van der Waals surface area (Å²) in [4.78, 5) is 31.4. The second-order valence-electron chi connectivity index (χ2n) is 8.37. The summed E-state index contributed by atoms with van der Waals surface area (Å²) in [5.74, 6) is -0.861. The fraction of sp³-hybridized carbons (Fsp3) is 0.138. The molecule has 1 N–H and O–H groups in total. The molecule has 1 aromatic heterocycles. The van der Waals surface area contributed by atoms with Crippen molar-refractivity contribution < 1.29 is 14.0 Å². The van der Waals surface area contributed by atoms with Gasteiger partial charge in [0.05, 0.1) is 13.0 Å². The topological polar surface area (TPSA) is 62.3 Å². The standard InChI is InChI=1S/C29H26FN3O2/c1-21-7-9-23(10-8-21)20-33(29(35)25-5-2-6-26(30)17-25)27-13-11-22(12-14-27)16-28(34)32-19-24-4-3-15-31-18-24/h2-15,17-18H,16,19-20H2,1H3,(H,32,34). The number of carbonyl (C=O) groups is 2. The molecule has 4 aromatic rings. The zero-order valence-electron chi connectivity index (χ0n) is 19.4. The van der Waals surface area contributed by atoms with Gasteiger partial charge >= 0.3 is 0 Å². The average Bonchev–Trinajstić information content (AvgIpc) is 2.88. The molecule has 35 heavy (non-hydrogen) atoms. The van der Waals surface area contributed by atoms with Gasteiger partial charge in [-0.3, -0.25) is 14.6 Å². The minimum Gasteiger partial charge on any atom is -0.352 e. The van der Waals surface area contributed by atoms with Gasteiger partial charge in [0, 0.05) is 30.2 Å². The van der Waals surface area contributed by atoms with Crippen LogP contribution in [0.4, 0.5) is 10.1 Å². The maximum atomic E-state index is 13.8. The Bertz CT molecular complexity index is 1290.